The van der Waals surface area contributed by atoms with Crippen molar-refractivity contribution in [2.45, 2.75) is 71.6 Å². The van der Waals surface area contributed by atoms with E-state index in [1.165, 1.54) is 0 Å². The number of rotatable bonds is 8. The van der Waals surface area contributed by atoms with Crippen LogP contribution < -0.4 is 0 Å². The zero-order valence-corrected chi connectivity index (χ0v) is 13.1. The molecule has 1 saturated carbocycles. The molecule has 0 heterocycles. The third-order valence-electron chi connectivity index (χ3n) is 5.52. The SMILES string of the molecule is CCCCC12CCC(CCCC)(C1)C(C(=O)O)=C2C(=O)O. The molecule has 2 atom stereocenters. The predicted octanol–water partition coefficient (Wildman–Crippen LogP) is 4.00. The normalized spacial score (nSPS) is 31.0. The molecule has 1 fully saturated rings. The topological polar surface area (TPSA) is 74.6 Å². The number of carbonyl (C=O) groups is 2. The maximum Gasteiger partial charge on any atom is 0.332 e. The van der Waals surface area contributed by atoms with Crippen LogP contribution in [-0.2, 0) is 9.59 Å². The molecule has 0 amide bonds. The number of fused-ring (bicyclic) bond motifs is 2. The average molecular weight is 294 g/mol. The Morgan fingerprint density at radius 2 is 1.29 bits per heavy atom. The van der Waals surface area contributed by atoms with Gasteiger partial charge in [-0.2, -0.15) is 0 Å². The second-order valence-corrected chi connectivity index (χ2v) is 6.80. The first kappa shape index (κ1) is 16.1. The smallest absolute Gasteiger partial charge is 0.332 e. The number of carboxylic acid groups (broad SMARTS) is 2. The van der Waals surface area contributed by atoms with Gasteiger partial charge in [-0.15, -0.1) is 0 Å². The van der Waals surface area contributed by atoms with Gasteiger partial charge in [0.25, 0.3) is 0 Å². The van der Waals surface area contributed by atoms with Gasteiger partial charge in [-0.25, -0.2) is 9.59 Å². The summed E-state index contributed by atoms with van der Waals surface area (Å²) in [4.78, 5) is 23.5. The molecule has 0 radical (unpaired) electrons. The molecule has 0 aromatic heterocycles. The predicted molar refractivity (Wildman–Crippen MR) is 80.1 cm³/mol. The Hall–Kier alpha value is -1.32. The molecule has 4 nitrogen and oxygen atoms in total. The molecule has 0 saturated heterocycles. The highest BCUT2D eigenvalue weighted by molar-refractivity contribution is 6.02. The molecule has 0 aromatic carbocycles. The van der Waals surface area contributed by atoms with Crippen molar-refractivity contribution < 1.29 is 19.8 Å². The van der Waals surface area contributed by atoms with Gasteiger partial charge in [0.2, 0.25) is 0 Å². The number of hydrogen-bond donors (Lipinski definition) is 2. The number of aliphatic carboxylic acids is 2. The zero-order chi connectivity index (χ0) is 15.7. The summed E-state index contributed by atoms with van der Waals surface area (Å²) in [5.41, 5.74) is -0.316. The van der Waals surface area contributed by atoms with Gasteiger partial charge in [-0.1, -0.05) is 39.5 Å². The summed E-state index contributed by atoms with van der Waals surface area (Å²) < 4.78 is 0. The van der Waals surface area contributed by atoms with E-state index in [-0.39, 0.29) is 22.0 Å². The van der Waals surface area contributed by atoms with Crippen LogP contribution in [0.1, 0.15) is 71.6 Å². The van der Waals surface area contributed by atoms with Crippen LogP contribution >= 0.6 is 0 Å². The fraction of sp³-hybridized carbons (Fsp3) is 0.765. The highest BCUT2D eigenvalue weighted by Gasteiger charge is 2.61. The van der Waals surface area contributed by atoms with Gasteiger partial charge in [0.1, 0.15) is 0 Å². The van der Waals surface area contributed by atoms with E-state index in [0.717, 1.165) is 57.8 Å². The summed E-state index contributed by atoms with van der Waals surface area (Å²) in [6, 6.07) is 0. The first-order chi connectivity index (χ1) is 9.92. The molecule has 2 bridgehead atoms. The maximum absolute atomic E-state index is 11.8. The summed E-state index contributed by atoms with van der Waals surface area (Å²) in [7, 11) is 0. The Balaban J connectivity index is 2.47. The van der Waals surface area contributed by atoms with Crippen molar-refractivity contribution in [3.05, 3.63) is 11.1 Å². The molecular weight excluding hydrogens is 268 g/mol. The highest BCUT2D eigenvalue weighted by atomic mass is 16.4. The lowest BCUT2D eigenvalue weighted by atomic mass is 9.73. The van der Waals surface area contributed by atoms with E-state index in [4.69, 9.17) is 0 Å². The third-order valence-corrected chi connectivity index (χ3v) is 5.52. The Morgan fingerprint density at radius 1 is 0.905 bits per heavy atom. The van der Waals surface area contributed by atoms with Crippen LogP contribution in [0.2, 0.25) is 0 Å². The van der Waals surface area contributed by atoms with Crippen LogP contribution in [-0.4, -0.2) is 22.2 Å². The van der Waals surface area contributed by atoms with Crippen LogP contribution in [0, 0.1) is 10.8 Å². The van der Waals surface area contributed by atoms with Crippen LogP contribution in [0.5, 0.6) is 0 Å². The Labute approximate surface area is 126 Å². The number of carboxylic acids is 2. The number of hydrogen-bond acceptors (Lipinski definition) is 2. The van der Waals surface area contributed by atoms with E-state index in [9.17, 15) is 19.8 Å². The fourth-order valence-electron chi connectivity index (χ4n) is 4.63. The summed E-state index contributed by atoms with van der Waals surface area (Å²) >= 11 is 0. The van der Waals surface area contributed by atoms with Crippen LogP contribution in [0.4, 0.5) is 0 Å². The van der Waals surface area contributed by atoms with Crippen LogP contribution in [0.15, 0.2) is 11.1 Å². The van der Waals surface area contributed by atoms with Crippen molar-refractivity contribution in [3.63, 3.8) is 0 Å². The van der Waals surface area contributed by atoms with Gasteiger partial charge in [-0.05, 0) is 32.1 Å². The molecule has 21 heavy (non-hydrogen) atoms. The van der Waals surface area contributed by atoms with E-state index < -0.39 is 11.9 Å². The van der Waals surface area contributed by atoms with Gasteiger partial charge in [0.05, 0.1) is 11.1 Å². The van der Waals surface area contributed by atoms with Crippen molar-refractivity contribution in [2.75, 3.05) is 0 Å². The lowest BCUT2D eigenvalue weighted by Gasteiger charge is -2.30. The Kier molecular flexibility index (Phi) is 4.45. The summed E-state index contributed by atoms with van der Waals surface area (Å²) in [5, 5.41) is 19.3. The van der Waals surface area contributed by atoms with Crippen LogP contribution in [0.25, 0.3) is 0 Å². The molecular formula is C17H26O4. The molecule has 0 spiro atoms. The quantitative estimate of drug-likeness (QED) is 0.709. The minimum atomic E-state index is -1.01. The highest BCUT2D eigenvalue weighted by Crippen LogP contribution is 2.67. The molecule has 2 unspecified atom stereocenters. The largest absolute Gasteiger partial charge is 0.478 e. The first-order valence-electron chi connectivity index (χ1n) is 8.14. The van der Waals surface area contributed by atoms with Crippen molar-refractivity contribution in [3.8, 4) is 0 Å². The Bertz CT molecular complexity index is 437. The first-order valence-corrected chi connectivity index (χ1v) is 8.14. The second-order valence-electron chi connectivity index (χ2n) is 6.80. The molecule has 4 heteroatoms. The minimum absolute atomic E-state index is 0.228. The van der Waals surface area contributed by atoms with E-state index >= 15 is 0 Å². The van der Waals surface area contributed by atoms with Gasteiger partial charge in [-0.3, -0.25) is 0 Å². The molecule has 0 aromatic rings. The lowest BCUT2D eigenvalue weighted by Crippen LogP contribution is -2.28. The van der Waals surface area contributed by atoms with Gasteiger partial charge in [0, 0.05) is 10.8 Å². The average Bonchev–Trinajstić information content (AvgIpc) is 2.94. The van der Waals surface area contributed by atoms with E-state index in [1.54, 1.807) is 0 Å². The van der Waals surface area contributed by atoms with Crippen molar-refractivity contribution >= 4 is 11.9 Å². The van der Waals surface area contributed by atoms with E-state index in [2.05, 4.69) is 13.8 Å². The van der Waals surface area contributed by atoms with Gasteiger partial charge < -0.3 is 10.2 Å². The monoisotopic (exact) mass is 294 g/mol. The van der Waals surface area contributed by atoms with Crippen LogP contribution in [0.3, 0.4) is 0 Å². The maximum atomic E-state index is 11.8. The summed E-state index contributed by atoms with van der Waals surface area (Å²) in [6.07, 6.45) is 8.01. The summed E-state index contributed by atoms with van der Waals surface area (Å²) in [6.45, 7) is 4.18. The Morgan fingerprint density at radius 3 is 1.57 bits per heavy atom. The zero-order valence-electron chi connectivity index (χ0n) is 13.1. The molecule has 2 rings (SSSR count). The lowest BCUT2D eigenvalue weighted by molar-refractivity contribution is -0.137. The van der Waals surface area contributed by atoms with Crippen molar-refractivity contribution in [1.29, 1.82) is 0 Å². The molecule has 0 aliphatic heterocycles. The standard InChI is InChI=1S/C17H26O4/c1-3-5-7-16-9-10-17(11-16,8-6-4-2)13(15(20)21)12(16)14(18)19/h3-11H2,1-2H3,(H,18,19)(H,20,21). The van der Waals surface area contributed by atoms with E-state index in [0.29, 0.717) is 0 Å². The fourth-order valence-corrected chi connectivity index (χ4v) is 4.63. The van der Waals surface area contributed by atoms with Crippen molar-refractivity contribution in [2.24, 2.45) is 10.8 Å². The van der Waals surface area contributed by atoms with Gasteiger partial charge >= 0.3 is 11.9 Å². The molecule has 118 valence electrons. The second kappa shape index (κ2) is 5.82. The molecule has 2 aliphatic rings. The number of unbranched alkanes of at least 4 members (excludes halogenated alkanes) is 2. The van der Waals surface area contributed by atoms with Crippen molar-refractivity contribution in [1.82, 2.24) is 0 Å². The van der Waals surface area contributed by atoms with E-state index in [1.807, 2.05) is 0 Å². The van der Waals surface area contributed by atoms with Gasteiger partial charge in [0.15, 0.2) is 0 Å². The third kappa shape index (κ3) is 2.49. The molecule has 2 aliphatic carbocycles. The molecule has 2 N–H and O–H groups in total. The summed E-state index contributed by atoms with van der Waals surface area (Å²) in [5.74, 6) is -2.02. The minimum Gasteiger partial charge on any atom is -0.478 e.